The van der Waals surface area contributed by atoms with Crippen LogP contribution in [0, 0.1) is 6.92 Å². The summed E-state index contributed by atoms with van der Waals surface area (Å²) in [6.07, 6.45) is 2.62. The average molecular weight is 427 g/mol. The number of benzene rings is 1. The predicted molar refractivity (Wildman–Crippen MR) is 121 cm³/mol. The van der Waals surface area contributed by atoms with Gasteiger partial charge < -0.3 is 24.1 Å². The van der Waals surface area contributed by atoms with Gasteiger partial charge in [0, 0.05) is 39.1 Å². The van der Waals surface area contributed by atoms with Crippen LogP contribution in [0.5, 0.6) is 0 Å². The maximum Gasteiger partial charge on any atom is 0.194 e. The van der Waals surface area contributed by atoms with Crippen LogP contribution >= 0.6 is 0 Å². The summed E-state index contributed by atoms with van der Waals surface area (Å²) < 4.78 is 17.1. The molecule has 1 aromatic heterocycles. The van der Waals surface area contributed by atoms with Crippen LogP contribution < -0.4 is 5.32 Å². The number of hydrogen-bond acceptors (Lipinski definition) is 5. The molecular formula is C24H34N4O3. The van der Waals surface area contributed by atoms with Gasteiger partial charge >= 0.3 is 0 Å². The first-order valence-electron chi connectivity index (χ1n) is 11.3. The monoisotopic (exact) mass is 426 g/mol. The molecule has 0 amide bonds. The van der Waals surface area contributed by atoms with Gasteiger partial charge in [-0.3, -0.25) is 9.89 Å². The third-order valence-electron chi connectivity index (χ3n) is 5.92. The van der Waals surface area contributed by atoms with E-state index in [1.165, 1.54) is 11.1 Å². The third-order valence-corrected chi connectivity index (χ3v) is 5.92. The molecule has 2 fully saturated rings. The summed E-state index contributed by atoms with van der Waals surface area (Å²) in [6, 6.07) is 12.4. The number of rotatable bonds is 7. The van der Waals surface area contributed by atoms with Gasteiger partial charge in [-0.2, -0.15) is 0 Å². The molecule has 0 bridgehead atoms. The number of guanidine groups is 1. The largest absolute Gasteiger partial charge is 0.469 e. The summed E-state index contributed by atoms with van der Waals surface area (Å²) >= 11 is 0. The minimum atomic E-state index is 0.0614. The van der Waals surface area contributed by atoms with E-state index in [0.717, 1.165) is 77.2 Å². The highest BCUT2D eigenvalue weighted by Crippen LogP contribution is 2.25. The van der Waals surface area contributed by atoms with E-state index in [4.69, 9.17) is 18.9 Å². The predicted octanol–water partition coefficient (Wildman–Crippen LogP) is 2.48. The van der Waals surface area contributed by atoms with Crippen LogP contribution in [-0.2, 0) is 15.9 Å². The van der Waals surface area contributed by atoms with Crippen molar-refractivity contribution in [2.24, 2.45) is 4.99 Å². The molecule has 3 heterocycles. The third kappa shape index (κ3) is 6.32. The number of aryl methyl sites for hydroxylation is 1. The van der Waals surface area contributed by atoms with E-state index in [0.29, 0.717) is 6.61 Å². The lowest BCUT2D eigenvalue weighted by Crippen LogP contribution is -2.49. The Morgan fingerprint density at radius 3 is 2.77 bits per heavy atom. The van der Waals surface area contributed by atoms with E-state index in [9.17, 15) is 0 Å². The first kappa shape index (κ1) is 21.9. The Kier molecular flexibility index (Phi) is 7.98. The van der Waals surface area contributed by atoms with Crippen molar-refractivity contribution in [1.29, 1.82) is 0 Å². The Balaban J connectivity index is 1.40. The molecule has 2 aliphatic heterocycles. The summed E-state index contributed by atoms with van der Waals surface area (Å²) in [7, 11) is 0. The number of aliphatic imine (C=N–C) groups is 1. The topological polar surface area (TPSA) is 62.5 Å². The Morgan fingerprint density at radius 1 is 1.10 bits per heavy atom. The van der Waals surface area contributed by atoms with E-state index in [1.807, 2.05) is 12.1 Å². The lowest BCUT2D eigenvalue weighted by atomic mass is 10.0. The highest BCUT2D eigenvalue weighted by atomic mass is 16.5. The highest BCUT2D eigenvalue weighted by Gasteiger charge is 2.25. The van der Waals surface area contributed by atoms with Gasteiger partial charge in [0.05, 0.1) is 39.2 Å². The summed E-state index contributed by atoms with van der Waals surface area (Å²) in [5, 5.41) is 3.57. The van der Waals surface area contributed by atoms with Gasteiger partial charge in [-0.1, -0.05) is 24.3 Å². The summed E-state index contributed by atoms with van der Waals surface area (Å²) in [5.41, 5.74) is 2.53. The second-order valence-electron chi connectivity index (χ2n) is 8.08. The molecule has 31 heavy (non-hydrogen) atoms. The Hall–Kier alpha value is -2.35. The van der Waals surface area contributed by atoms with E-state index < -0.39 is 0 Å². The molecule has 0 radical (unpaired) electrons. The van der Waals surface area contributed by atoms with Crippen molar-refractivity contribution in [3.8, 4) is 0 Å². The van der Waals surface area contributed by atoms with Crippen molar-refractivity contribution in [1.82, 2.24) is 15.1 Å². The van der Waals surface area contributed by atoms with Gasteiger partial charge in [0.25, 0.3) is 0 Å². The normalized spacial score (nSPS) is 20.7. The molecule has 2 aliphatic rings. The van der Waals surface area contributed by atoms with Gasteiger partial charge in [-0.05, 0) is 30.2 Å². The second kappa shape index (κ2) is 11.3. The quantitative estimate of drug-likeness (QED) is 0.542. The van der Waals surface area contributed by atoms with E-state index in [-0.39, 0.29) is 6.10 Å². The van der Waals surface area contributed by atoms with Crippen LogP contribution in [0.3, 0.4) is 0 Å². The van der Waals surface area contributed by atoms with Crippen molar-refractivity contribution in [2.75, 3.05) is 65.6 Å². The lowest BCUT2D eigenvalue weighted by Gasteiger charge is -2.36. The molecular weight excluding hydrogens is 392 g/mol. The van der Waals surface area contributed by atoms with Crippen LogP contribution in [-0.4, -0.2) is 81.4 Å². The molecule has 1 atom stereocenters. The molecule has 2 aromatic rings. The maximum atomic E-state index is 6.13. The molecule has 7 nitrogen and oxygen atoms in total. The minimum Gasteiger partial charge on any atom is -0.469 e. The highest BCUT2D eigenvalue weighted by molar-refractivity contribution is 5.80. The maximum absolute atomic E-state index is 6.13. The number of nitrogens with one attached hydrogen (secondary N) is 1. The number of morpholine rings is 2. The summed E-state index contributed by atoms with van der Waals surface area (Å²) in [6.45, 7) is 10.6. The van der Waals surface area contributed by atoms with Gasteiger partial charge in [-0.15, -0.1) is 0 Å². The summed E-state index contributed by atoms with van der Waals surface area (Å²) in [5.74, 6) is 1.95. The molecule has 2 saturated heterocycles. The number of furan rings is 1. The van der Waals surface area contributed by atoms with Gasteiger partial charge in [-0.25, -0.2) is 0 Å². The Morgan fingerprint density at radius 2 is 1.97 bits per heavy atom. The number of nitrogens with zero attached hydrogens (tertiary/aromatic N) is 3. The molecule has 0 saturated carbocycles. The molecule has 7 heteroatoms. The molecule has 4 rings (SSSR count). The zero-order valence-electron chi connectivity index (χ0n) is 18.5. The van der Waals surface area contributed by atoms with Gasteiger partial charge in [0.1, 0.15) is 11.9 Å². The first-order chi connectivity index (χ1) is 15.3. The number of ether oxygens (including phenoxy) is 2. The smallest absolute Gasteiger partial charge is 0.194 e. The fourth-order valence-corrected chi connectivity index (χ4v) is 4.12. The van der Waals surface area contributed by atoms with Crippen LogP contribution in [0.15, 0.2) is 52.1 Å². The fraction of sp³-hybridized carbons (Fsp3) is 0.542. The standard InChI is InChI=1S/C24H34N4O3/c1-20-5-2-3-7-22(20)23-19-28(14-18-31-23)24(25-9-8-21-6-4-15-30-21)26-10-11-27-12-16-29-17-13-27/h2-7,15,23H,8-14,16-19H2,1H3,(H,25,26). The van der Waals surface area contributed by atoms with E-state index in [2.05, 4.69) is 46.3 Å². The van der Waals surface area contributed by atoms with Crippen molar-refractivity contribution < 1.29 is 13.9 Å². The fourth-order valence-electron chi connectivity index (χ4n) is 4.12. The Labute approximate surface area is 185 Å². The zero-order chi connectivity index (χ0) is 21.3. The molecule has 168 valence electrons. The molecule has 0 aliphatic carbocycles. The van der Waals surface area contributed by atoms with Crippen molar-refractivity contribution in [3.05, 3.63) is 59.5 Å². The van der Waals surface area contributed by atoms with Crippen LogP contribution in [0.2, 0.25) is 0 Å². The number of hydrogen-bond donors (Lipinski definition) is 1. The van der Waals surface area contributed by atoms with Crippen molar-refractivity contribution in [3.63, 3.8) is 0 Å². The van der Waals surface area contributed by atoms with Gasteiger partial charge in [0.15, 0.2) is 5.96 Å². The molecule has 1 aromatic carbocycles. The van der Waals surface area contributed by atoms with Gasteiger partial charge in [0.2, 0.25) is 0 Å². The Bertz CT molecular complexity index is 818. The van der Waals surface area contributed by atoms with Crippen molar-refractivity contribution >= 4 is 5.96 Å². The zero-order valence-corrected chi connectivity index (χ0v) is 18.5. The lowest BCUT2D eigenvalue weighted by molar-refractivity contribution is -0.00840. The minimum absolute atomic E-state index is 0.0614. The molecule has 0 spiro atoms. The molecule has 1 unspecified atom stereocenters. The average Bonchev–Trinajstić information content (AvgIpc) is 3.33. The van der Waals surface area contributed by atoms with Crippen molar-refractivity contribution in [2.45, 2.75) is 19.4 Å². The van der Waals surface area contributed by atoms with E-state index >= 15 is 0 Å². The first-order valence-corrected chi connectivity index (χ1v) is 11.3. The van der Waals surface area contributed by atoms with Crippen LogP contribution in [0.4, 0.5) is 0 Å². The van der Waals surface area contributed by atoms with Crippen LogP contribution in [0.1, 0.15) is 23.0 Å². The van der Waals surface area contributed by atoms with E-state index in [1.54, 1.807) is 6.26 Å². The van der Waals surface area contributed by atoms with Crippen LogP contribution in [0.25, 0.3) is 0 Å². The summed E-state index contributed by atoms with van der Waals surface area (Å²) in [4.78, 5) is 9.73. The second-order valence-corrected chi connectivity index (χ2v) is 8.08. The SMILES string of the molecule is Cc1ccccc1C1CN(C(=NCCN2CCOCC2)NCCc2ccco2)CCO1. The molecule has 1 N–H and O–H groups in total.